The molecule has 0 fully saturated rings. The molecule has 2 aromatic heterocycles. The van der Waals surface area contributed by atoms with Crippen molar-refractivity contribution in [1.82, 2.24) is 10.4 Å². The molecule has 0 spiro atoms. The van der Waals surface area contributed by atoms with Gasteiger partial charge in [-0.25, -0.2) is 5.43 Å². The molecule has 0 aromatic carbocycles. The second-order valence-electron chi connectivity index (χ2n) is 3.56. The molecule has 2 aromatic rings. The molecule has 5 nitrogen and oxygen atoms in total. The lowest BCUT2D eigenvalue weighted by Gasteiger charge is -1.96. The predicted molar refractivity (Wildman–Crippen MR) is 62.2 cm³/mol. The molecule has 0 saturated carbocycles. The monoisotopic (exact) mass is 227 g/mol. The second-order valence-corrected chi connectivity index (χ2v) is 3.56. The molecule has 1 aliphatic rings. The summed E-state index contributed by atoms with van der Waals surface area (Å²) in [4.78, 5) is 14.7. The number of amides is 1. The van der Waals surface area contributed by atoms with Gasteiger partial charge in [0.2, 0.25) is 0 Å². The van der Waals surface area contributed by atoms with Gasteiger partial charge in [0.05, 0.1) is 11.8 Å². The van der Waals surface area contributed by atoms with E-state index in [1.54, 1.807) is 30.7 Å². The number of aromatic amines is 1. The number of hydrazone groups is 1. The Labute approximate surface area is 96.8 Å². The van der Waals surface area contributed by atoms with Gasteiger partial charge in [-0.1, -0.05) is 0 Å². The van der Waals surface area contributed by atoms with Crippen LogP contribution in [0.4, 0.5) is 0 Å². The number of rotatable bonds is 2. The summed E-state index contributed by atoms with van der Waals surface area (Å²) in [6.45, 7) is 0. The molecule has 2 N–H and O–H groups in total. The molecule has 1 aliphatic heterocycles. The van der Waals surface area contributed by atoms with E-state index < -0.39 is 0 Å². The fraction of sp³-hybridized carbons (Fsp3) is 0. The summed E-state index contributed by atoms with van der Waals surface area (Å²) in [6, 6.07) is 7.26. The van der Waals surface area contributed by atoms with Crippen LogP contribution < -0.4 is 5.43 Å². The van der Waals surface area contributed by atoms with Crippen molar-refractivity contribution in [2.24, 2.45) is 5.10 Å². The van der Waals surface area contributed by atoms with Gasteiger partial charge >= 0.3 is 0 Å². The first-order valence-electron chi connectivity index (χ1n) is 5.12. The normalized spacial score (nSPS) is 17.3. The fourth-order valence-electron chi connectivity index (χ4n) is 1.66. The maximum absolute atomic E-state index is 11.7. The van der Waals surface area contributed by atoms with E-state index in [0.29, 0.717) is 17.0 Å². The zero-order chi connectivity index (χ0) is 11.7. The quantitative estimate of drug-likeness (QED) is 0.764. The number of furan rings is 1. The van der Waals surface area contributed by atoms with Crippen molar-refractivity contribution >= 4 is 17.7 Å². The topological polar surface area (TPSA) is 70.4 Å². The smallest absolute Gasteiger partial charge is 0.273 e. The standard InChI is InChI=1S/C12H9N3O2/c16-12-9(7-8-3-1-5-13-8)11(14-15-12)10-4-2-6-17-10/h1-7,13H,(H,15,16)/b9-7+. The molecular weight excluding hydrogens is 218 g/mol. The van der Waals surface area contributed by atoms with Gasteiger partial charge in [-0.05, 0) is 30.3 Å². The molecular formula is C12H9N3O2. The van der Waals surface area contributed by atoms with E-state index in [-0.39, 0.29) is 5.91 Å². The van der Waals surface area contributed by atoms with E-state index >= 15 is 0 Å². The Hall–Kier alpha value is -2.56. The Morgan fingerprint density at radius 1 is 1.29 bits per heavy atom. The van der Waals surface area contributed by atoms with Gasteiger partial charge in [0, 0.05) is 11.9 Å². The third-order valence-corrected chi connectivity index (χ3v) is 2.45. The Morgan fingerprint density at radius 3 is 2.94 bits per heavy atom. The van der Waals surface area contributed by atoms with Crippen LogP contribution in [0.5, 0.6) is 0 Å². The van der Waals surface area contributed by atoms with Crippen molar-refractivity contribution in [1.29, 1.82) is 0 Å². The van der Waals surface area contributed by atoms with Gasteiger partial charge in [-0.15, -0.1) is 0 Å². The third kappa shape index (κ3) is 1.67. The number of carbonyl (C=O) groups excluding carboxylic acids is 1. The van der Waals surface area contributed by atoms with E-state index in [1.165, 1.54) is 0 Å². The van der Waals surface area contributed by atoms with Crippen LogP contribution in [0.1, 0.15) is 11.5 Å². The van der Waals surface area contributed by atoms with Crippen LogP contribution in [0.25, 0.3) is 6.08 Å². The summed E-state index contributed by atoms with van der Waals surface area (Å²) in [7, 11) is 0. The Kier molecular flexibility index (Phi) is 2.15. The van der Waals surface area contributed by atoms with Crippen LogP contribution in [-0.4, -0.2) is 16.6 Å². The van der Waals surface area contributed by atoms with Crippen LogP contribution in [0, 0.1) is 0 Å². The number of hydrogen-bond donors (Lipinski definition) is 2. The first kappa shape index (κ1) is 9.65. The molecule has 3 heterocycles. The highest BCUT2D eigenvalue weighted by molar-refractivity contribution is 6.32. The summed E-state index contributed by atoms with van der Waals surface area (Å²) >= 11 is 0. The van der Waals surface area contributed by atoms with E-state index in [2.05, 4.69) is 15.5 Å². The largest absolute Gasteiger partial charge is 0.463 e. The summed E-state index contributed by atoms with van der Waals surface area (Å²) < 4.78 is 5.24. The van der Waals surface area contributed by atoms with Crippen LogP contribution in [-0.2, 0) is 4.79 Å². The van der Waals surface area contributed by atoms with E-state index in [4.69, 9.17) is 4.42 Å². The first-order chi connectivity index (χ1) is 8.34. The van der Waals surface area contributed by atoms with Crippen LogP contribution in [0.15, 0.2) is 51.8 Å². The van der Waals surface area contributed by atoms with Crippen LogP contribution in [0.3, 0.4) is 0 Å². The Bertz CT molecular complexity index is 592. The van der Waals surface area contributed by atoms with Crippen molar-refractivity contribution in [2.75, 3.05) is 0 Å². The van der Waals surface area contributed by atoms with Gasteiger partial charge in [0.15, 0.2) is 5.76 Å². The lowest BCUT2D eigenvalue weighted by atomic mass is 10.1. The van der Waals surface area contributed by atoms with E-state index in [9.17, 15) is 4.79 Å². The van der Waals surface area contributed by atoms with Crippen LogP contribution >= 0.6 is 0 Å². The number of hydrogen-bond acceptors (Lipinski definition) is 3. The molecule has 17 heavy (non-hydrogen) atoms. The van der Waals surface area contributed by atoms with E-state index in [1.807, 2.05) is 12.1 Å². The first-order valence-corrected chi connectivity index (χ1v) is 5.12. The Morgan fingerprint density at radius 2 is 2.24 bits per heavy atom. The highest BCUT2D eigenvalue weighted by Gasteiger charge is 2.25. The molecule has 0 saturated heterocycles. The number of H-pyrrole nitrogens is 1. The third-order valence-electron chi connectivity index (χ3n) is 2.45. The average molecular weight is 227 g/mol. The minimum Gasteiger partial charge on any atom is -0.463 e. The summed E-state index contributed by atoms with van der Waals surface area (Å²) in [5.74, 6) is 0.340. The molecule has 0 aliphatic carbocycles. The maximum atomic E-state index is 11.7. The van der Waals surface area contributed by atoms with Crippen LogP contribution in [0.2, 0.25) is 0 Å². The van der Waals surface area contributed by atoms with Gasteiger partial charge in [0.25, 0.3) is 5.91 Å². The Balaban J connectivity index is 2.03. The highest BCUT2D eigenvalue weighted by atomic mass is 16.3. The van der Waals surface area contributed by atoms with Gasteiger partial charge in [-0.3, -0.25) is 4.79 Å². The summed E-state index contributed by atoms with van der Waals surface area (Å²) in [6.07, 6.45) is 5.08. The number of aromatic nitrogens is 1. The zero-order valence-corrected chi connectivity index (χ0v) is 8.81. The lowest BCUT2D eigenvalue weighted by Crippen LogP contribution is -2.13. The molecule has 1 amide bonds. The van der Waals surface area contributed by atoms with Gasteiger partial charge in [0.1, 0.15) is 5.71 Å². The van der Waals surface area contributed by atoms with E-state index in [0.717, 1.165) is 5.69 Å². The second kappa shape index (κ2) is 3.79. The maximum Gasteiger partial charge on any atom is 0.273 e. The highest BCUT2D eigenvalue weighted by Crippen LogP contribution is 2.17. The SMILES string of the molecule is O=C1NN=C(c2ccco2)/C1=C\c1ccc[nH]1. The van der Waals surface area contributed by atoms with Crippen molar-refractivity contribution < 1.29 is 9.21 Å². The number of nitrogens with one attached hydrogen (secondary N) is 2. The molecule has 5 heteroatoms. The van der Waals surface area contributed by atoms with Crippen molar-refractivity contribution in [3.05, 3.63) is 53.8 Å². The predicted octanol–water partition coefficient (Wildman–Crippen LogP) is 1.53. The summed E-state index contributed by atoms with van der Waals surface area (Å²) in [5.41, 5.74) is 4.28. The fourth-order valence-corrected chi connectivity index (χ4v) is 1.66. The molecule has 84 valence electrons. The van der Waals surface area contributed by atoms with Crippen molar-refractivity contribution in [2.45, 2.75) is 0 Å². The molecule has 3 rings (SSSR count). The average Bonchev–Trinajstić information content (AvgIpc) is 3.03. The van der Waals surface area contributed by atoms with Gasteiger partial charge in [-0.2, -0.15) is 5.10 Å². The zero-order valence-electron chi connectivity index (χ0n) is 8.81. The van der Waals surface area contributed by atoms with Crippen molar-refractivity contribution in [3.63, 3.8) is 0 Å². The molecule has 0 unspecified atom stereocenters. The number of nitrogens with zero attached hydrogens (tertiary/aromatic N) is 1. The molecule has 0 atom stereocenters. The minimum atomic E-state index is -0.231. The summed E-state index contributed by atoms with van der Waals surface area (Å²) in [5, 5.41) is 3.96. The molecule has 0 bridgehead atoms. The number of carbonyl (C=O) groups is 1. The molecule has 0 radical (unpaired) electrons. The minimum absolute atomic E-state index is 0.231. The van der Waals surface area contributed by atoms with Gasteiger partial charge < -0.3 is 9.40 Å². The van der Waals surface area contributed by atoms with Crippen molar-refractivity contribution in [3.8, 4) is 0 Å². The lowest BCUT2D eigenvalue weighted by molar-refractivity contribution is -0.116.